The van der Waals surface area contributed by atoms with Gasteiger partial charge in [0.1, 0.15) is 0 Å². The van der Waals surface area contributed by atoms with Gasteiger partial charge in [-0.25, -0.2) is 4.98 Å². The number of imidazole rings is 1. The van der Waals surface area contributed by atoms with Crippen LogP contribution in [-0.4, -0.2) is 21.1 Å². The summed E-state index contributed by atoms with van der Waals surface area (Å²) in [6.07, 6.45) is 1.95. The van der Waals surface area contributed by atoms with Crippen molar-refractivity contribution < 1.29 is 0 Å². The Hall–Kier alpha value is -0.0900. The molecular weight excluding hydrogens is 188 g/mol. The molecule has 0 spiro atoms. The van der Waals surface area contributed by atoms with E-state index in [0.717, 1.165) is 16.7 Å². The third-order valence-electron chi connectivity index (χ3n) is 1.47. The Morgan fingerprint density at radius 1 is 1.33 bits per heavy atom. The molecule has 2 nitrogen and oxygen atoms in total. The topological polar surface area (TPSA) is 17.8 Å². The number of rotatable bonds is 4. The highest BCUT2D eigenvalue weighted by molar-refractivity contribution is 7.99. The third kappa shape index (κ3) is 2.20. The SMILES string of the molecule is CCSc1cnc(SCC)n1C. The van der Waals surface area contributed by atoms with Gasteiger partial charge in [0.2, 0.25) is 0 Å². The van der Waals surface area contributed by atoms with Crippen LogP contribution in [0.3, 0.4) is 0 Å². The molecular formula is C8H14N2S2. The van der Waals surface area contributed by atoms with Crippen LogP contribution in [0.4, 0.5) is 0 Å². The van der Waals surface area contributed by atoms with Crippen LogP contribution in [0.5, 0.6) is 0 Å². The lowest BCUT2D eigenvalue weighted by atomic mass is 10.9. The first kappa shape index (κ1) is 9.99. The Labute approximate surface area is 82.1 Å². The lowest BCUT2D eigenvalue weighted by molar-refractivity contribution is 0.729. The van der Waals surface area contributed by atoms with Crippen molar-refractivity contribution in [3.8, 4) is 0 Å². The summed E-state index contributed by atoms with van der Waals surface area (Å²) in [6.45, 7) is 4.30. The smallest absolute Gasteiger partial charge is 0.168 e. The molecule has 0 saturated heterocycles. The predicted molar refractivity (Wildman–Crippen MR) is 56.0 cm³/mol. The Bertz CT molecular complexity index is 222. The normalized spacial score (nSPS) is 10.6. The van der Waals surface area contributed by atoms with Crippen LogP contribution >= 0.6 is 23.5 Å². The van der Waals surface area contributed by atoms with Gasteiger partial charge in [0.25, 0.3) is 0 Å². The Kier molecular flexibility index (Phi) is 4.01. The highest BCUT2D eigenvalue weighted by Gasteiger charge is 2.04. The van der Waals surface area contributed by atoms with Gasteiger partial charge in [-0.2, -0.15) is 0 Å². The van der Waals surface area contributed by atoms with Crippen molar-refractivity contribution in [1.29, 1.82) is 0 Å². The van der Waals surface area contributed by atoms with E-state index in [1.807, 2.05) is 18.0 Å². The second-order valence-electron chi connectivity index (χ2n) is 2.30. The lowest BCUT2D eigenvalue weighted by Gasteiger charge is -2.01. The summed E-state index contributed by atoms with van der Waals surface area (Å²) in [6, 6.07) is 0. The van der Waals surface area contributed by atoms with Gasteiger partial charge in [-0.15, -0.1) is 11.8 Å². The fraction of sp³-hybridized carbons (Fsp3) is 0.625. The minimum absolute atomic E-state index is 1.08. The molecule has 0 amide bonds. The molecule has 0 radical (unpaired) electrons. The molecule has 1 heterocycles. The molecule has 1 aromatic heterocycles. The zero-order chi connectivity index (χ0) is 8.97. The van der Waals surface area contributed by atoms with E-state index in [9.17, 15) is 0 Å². The van der Waals surface area contributed by atoms with Crippen molar-refractivity contribution in [1.82, 2.24) is 9.55 Å². The molecule has 0 unspecified atom stereocenters. The largest absolute Gasteiger partial charge is 0.317 e. The number of hydrogen-bond acceptors (Lipinski definition) is 3. The second-order valence-corrected chi connectivity index (χ2v) is 4.82. The molecule has 0 bridgehead atoms. The fourth-order valence-electron chi connectivity index (χ4n) is 0.923. The van der Waals surface area contributed by atoms with E-state index in [2.05, 4.69) is 30.4 Å². The zero-order valence-electron chi connectivity index (χ0n) is 7.70. The zero-order valence-corrected chi connectivity index (χ0v) is 9.34. The van der Waals surface area contributed by atoms with Gasteiger partial charge in [0.15, 0.2) is 5.16 Å². The van der Waals surface area contributed by atoms with Crippen LogP contribution in [-0.2, 0) is 7.05 Å². The molecule has 1 aromatic rings. The van der Waals surface area contributed by atoms with E-state index in [0.29, 0.717) is 0 Å². The van der Waals surface area contributed by atoms with E-state index >= 15 is 0 Å². The molecule has 4 heteroatoms. The summed E-state index contributed by atoms with van der Waals surface area (Å²) in [5.74, 6) is 2.19. The highest BCUT2D eigenvalue weighted by atomic mass is 32.2. The Balaban J connectivity index is 2.74. The lowest BCUT2D eigenvalue weighted by Crippen LogP contribution is -1.92. The van der Waals surface area contributed by atoms with Crippen LogP contribution in [0.25, 0.3) is 0 Å². The molecule has 0 atom stereocenters. The van der Waals surface area contributed by atoms with Crippen molar-refractivity contribution in [2.75, 3.05) is 11.5 Å². The van der Waals surface area contributed by atoms with E-state index in [-0.39, 0.29) is 0 Å². The third-order valence-corrected chi connectivity index (χ3v) is 3.36. The van der Waals surface area contributed by atoms with Crippen LogP contribution in [0.2, 0.25) is 0 Å². The number of thioether (sulfide) groups is 2. The molecule has 0 saturated carbocycles. The summed E-state index contributed by atoms with van der Waals surface area (Å²) in [4.78, 5) is 4.33. The van der Waals surface area contributed by atoms with Crippen LogP contribution in [0.15, 0.2) is 16.4 Å². The molecule has 0 aromatic carbocycles. The van der Waals surface area contributed by atoms with Gasteiger partial charge in [0.05, 0.1) is 11.2 Å². The molecule has 0 aliphatic heterocycles. The molecule has 1 rings (SSSR count). The summed E-state index contributed by atoms with van der Waals surface area (Å²) < 4.78 is 2.16. The second kappa shape index (κ2) is 4.82. The minimum Gasteiger partial charge on any atom is -0.317 e. The first-order valence-electron chi connectivity index (χ1n) is 4.06. The van der Waals surface area contributed by atoms with Gasteiger partial charge in [-0.3, -0.25) is 0 Å². The summed E-state index contributed by atoms with van der Waals surface area (Å²) >= 11 is 3.62. The van der Waals surface area contributed by atoms with Crippen LogP contribution in [0, 0.1) is 0 Å². The predicted octanol–water partition coefficient (Wildman–Crippen LogP) is 2.64. The van der Waals surface area contributed by atoms with Crippen molar-refractivity contribution >= 4 is 23.5 Å². The maximum Gasteiger partial charge on any atom is 0.168 e. The fourth-order valence-corrected chi connectivity index (χ4v) is 2.36. The van der Waals surface area contributed by atoms with E-state index in [4.69, 9.17) is 0 Å². The summed E-state index contributed by atoms with van der Waals surface area (Å²) in [5, 5.41) is 2.38. The van der Waals surface area contributed by atoms with E-state index < -0.39 is 0 Å². The first-order chi connectivity index (χ1) is 5.79. The van der Waals surface area contributed by atoms with Crippen molar-refractivity contribution in [3.05, 3.63) is 6.20 Å². The summed E-state index contributed by atoms with van der Waals surface area (Å²) in [7, 11) is 2.07. The molecule has 68 valence electrons. The molecule has 12 heavy (non-hydrogen) atoms. The molecule has 0 aliphatic rings. The average Bonchev–Trinajstić information content (AvgIpc) is 2.38. The maximum absolute atomic E-state index is 4.33. The van der Waals surface area contributed by atoms with Gasteiger partial charge in [-0.1, -0.05) is 25.6 Å². The van der Waals surface area contributed by atoms with Crippen molar-refractivity contribution in [2.24, 2.45) is 7.05 Å². The first-order valence-corrected chi connectivity index (χ1v) is 6.04. The number of nitrogens with zero attached hydrogens (tertiary/aromatic N) is 2. The van der Waals surface area contributed by atoms with Crippen molar-refractivity contribution in [2.45, 2.75) is 24.0 Å². The maximum atomic E-state index is 4.33. The van der Waals surface area contributed by atoms with Gasteiger partial charge < -0.3 is 4.57 Å². The Morgan fingerprint density at radius 3 is 2.58 bits per heavy atom. The Morgan fingerprint density at radius 2 is 2.00 bits per heavy atom. The molecule has 0 N–H and O–H groups in total. The average molecular weight is 202 g/mol. The highest BCUT2D eigenvalue weighted by Crippen LogP contribution is 2.23. The van der Waals surface area contributed by atoms with Gasteiger partial charge in [0, 0.05) is 7.05 Å². The quantitative estimate of drug-likeness (QED) is 0.699. The van der Waals surface area contributed by atoms with Gasteiger partial charge >= 0.3 is 0 Å². The van der Waals surface area contributed by atoms with Crippen molar-refractivity contribution in [3.63, 3.8) is 0 Å². The number of aromatic nitrogens is 2. The van der Waals surface area contributed by atoms with Crippen LogP contribution in [0.1, 0.15) is 13.8 Å². The number of hydrogen-bond donors (Lipinski definition) is 0. The van der Waals surface area contributed by atoms with E-state index in [1.54, 1.807) is 11.8 Å². The summed E-state index contributed by atoms with van der Waals surface area (Å²) in [5.41, 5.74) is 0. The van der Waals surface area contributed by atoms with Crippen LogP contribution < -0.4 is 0 Å². The monoisotopic (exact) mass is 202 g/mol. The van der Waals surface area contributed by atoms with Gasteiger partial charge in [-0.05, 0) is 11.5 Å². The molecule has 0 fully saturated rings. The standard InChI is InChI=1S/C8H14N2S2/c1-4-11-7-6-9-8(10(7)3)12-5-2/h6H,4-5H2,1-3H3. The minimum atomic E-state index is 1.08. The van der Waals surface area contributed by atoms with E-state index in [1.165, 1.54) is 5.03 Å². The molecule has 0 aliphatic carbocycles.